The Labute approximate surface area is 88.1 Å². The molecule has 2 aliphatic rings. The highest BCUT2D eigenvalue weighted by Gasteiger charge is 2.31. The van der Waals surface area contributed by atoms with Crippen molar-refractivity contribution in [3.05, 3.63) is 0 Å². The summed E-state index contributed by atoms with van der Waals surface area (Å²) in [6.07, 6.45) is 4.17. The lowest BCUT2D eigenvalue weighted by molar-refractivity contribution is 0.143. The van der Waals surface area contributed by atoms with Gasteiger partial charge in [0, 0.05) is 12.6 Å². The number of nitrogens with one attached hydrogen (secondary N) is 1. The van der Waals surface area contributed by atoms with Gasteiger partial charge in [0.25, 0.3) is 0 Å². The molecule has 0 radical (unpaired) electrons. The van der Waals surface area contributed by atoms with Gasteiger partial charge >= 0.3 is 0 Å². The van der Waals surface area contributed by atoms with E-state index in [1.54, 1.807) is 0 Å². The molecule has 2 saturated heterocycles. The molecule has 1 N–H and O–H groups in total. The average molecular weight is 196 g/mol. The fraction of sp³-hybridized carbons (Fsp3) is 1.00. The predicted molar refractivity (Wildman–Crippen MR) is 60.4 cm³/mol. The standard InChI is InChI=1S/C12H24N2/c1-3-11-5-7-14(9-11)12-4-6-13-8-10(12)2/h10-13H,3-9H2,1-2H3. The molecule has 0 bridgehead atoms. The van der Waals surface area contributed by atoms with E-state index in [1.807, 2.05) is 0 Å². The first-order valence-electron chi connectivity index (χ1n) is 6.26. The Hall–Kier alpha value is -0.0800. The van der Waals surface area contributed by atoms with Gasteiger partial charge in [-0.25, -0.2) is 0 Å². The fourth-order valence-corrected chi connectivity index (χ4v) is 3.04. The molecule has 0 aromatic heterocycles. The van der Waals surface area contributed by atoms with E-state index in [0.29, 0.717) is 0 Å². The van der Waals surface area contributed by atoms with E-state index in [9.17, 15) is 0 Å². The molecule has 2 heterocycles. The number of rotatable bonds is 2. The second kappa shape index (κ2) is 4.63. The molecule has 0 amide bonds. The van der Waals surface area contributed by atoms with Gasteiger partial charge in [-0.1, -0.05) is 20.3 Å². The molecule has 3 unspecified atom stereocenters. The monoisotopic (exact) mass is 196 g/mol. The first-order chi connectivity index (χ1) is 6.81. The van der Waals surface area contributed by atoms with Gasteiger partial charge < -0.3 is 5.32 Å². The second-order valence-corrected chi connectivity index (χ2v) is 5.10. The van der Waals surface area contributed by atoms with Crippen LogP contribution in [0.3, 0.4) is 0 Å². The average Bonchev–Trinajstić information content (AvgIpc) is 2.67. The molecule has 0 spiro atoms. The molecular weight excluding hydrogens is 172 g/mol. The molecule has 3 atom stereocenters. The highest BCUT2D eigenvalue weighted by Crippen LogP contribution is 2.26. The second-order valence-electron chi connectivity index (χ2n) is 5.10. The zero-order valence-corrected chi connectivity index (χ0v) is 9.63. The Morgan fingerprint density at radius 3 is 2.86 bits per heavy atom. The molecule has 0 aromatic rings. The van der Waals surface area contributed by atoms with E-state index in [1.165, 1.54) is 45.4 Å². The maximum absolute atomic E-state index is 3.49. The van der Waals surface area contributed by atoms with Crippen LogP contribution in [0.4, 0.5) is 0 Å². The van der Waals surface area contributed by atoms with Crippen molar-refractivity contribution in [3.63, 3.8) is 0 Å². The molecular formula is C12H24N2. The van der Waals surface area contributed by atoms with E-state index >= 15 is 0 Å². The van der Waals surface area contributed by atoms with Crippen LogP contribution in [0.15, 0.2) is 0 Å². The summed E-state index contributed by atoms with van der Waals surface area (Å²) in [6, 6.07) is 0.868. The van der Waals surface area contributed by atoms with Crippen molar-refractivity contribution < 1.29 is 0 Å². The van der Waals surface area contributed by atoms with Crippen molar-refractivity contribution in [2.45, 2.75) is 39.2 Å². The molecule has 2 rings (SSSR count). The van der Waals surface area contributed by atoms with E-state index in [-0.39, 0.29) is 0 Å². The van der Waals surface area contributed by atoms with Crippen LogP contribution in [0.1, 0.15) is 33.1 Å². The summed E-state index contributed by atoms with van der Waals surface area (Å²) < 4.78 is 0. The maximum Gasteiger partial charge on any atom is 0.0145 e. The first kappa shape index (κ1) is 10.4. The smallest absolute Gasteiger partial charge is 0.0145 e. The summed E-state index contributed by atoms with van der Waals surface area (Å²) in [5.74, 6) is 1.83. The number of likely N-dealkylation sites (tertiary alicyclic amines) is 1. The SMILES string of the molecule is CCC1CCN(C2CCNCC2C)C1. The van der Waals surface area contributed by atoms with Crippen LogP contribution >= 0.6 is 0 Å². The lowest BCUT2D eigenvalue weighted by Crippen LogP contribution is -2.47. The molecule has 2 heteroatoms. The van der Waals surface area contributed by atoms with Crippen molar-refractivity contribution in [2.75, 3.05) is 26.2 Å². The van der Waals surface area contributed by atoms with Gasteiger partial charge in [0.15, 0.2) is 0 Å². The van der Waals surface area contributed by atoms with Crippen molar-refractivity contribution in [1.82, 2.24) is 10.2 Å². The Morgan fingerprint density at radius 2 is 2.21 bits per heavy atom. The zero-order chi connectivity index (χ0) is 9.97. The molecule has 2 aliphatic heterocycles. The minimum atomic E-state index is 0.847. The van der Waals surface area contributed by atoms with Gasteiger partial charge in [-0.05, 0) is 44.3 Å². The van der Waals surface area contributed by atoms with Crippen molar-refractivity contribution >= 4 is 0 Å². The van der Waals surface area contributed by atoms with Gasteiger partial charge in [-0.15, -0.1) is 0 Å². The highest BCUT2D eigenvalue weighted by atomic mass is 15.2. The van der Waals surface area contributed by atoms with Gasteiger partial charge in [-0.3, -0.25) is 4.90 Å². The molecule has 0 saturated carbocycles. The number of piperidine rings is 1. The Kier molecular flexibility index (Phi) is 3.45. The lowest BCUT2D eigenvalue weighted by Gasteiger charge is -2.36. The lowest BCUT2D eigenvalue weighted by atomic mass is 9.94. The van der Waals surface area contributed by atoms with Crippen LogP contribution < -0.4 is 5.32 Å². The molecule has 2 fully saturated rings. The molecule has 14 heavy (non-hydrogen) atoms. The Balaban J connectivity index is 1.88. The fourth-order valence-electron chi connectivity index (χ4n) is 3.04. The van der Waals surface area contributed by atoms with Crippen LogP contribution in [-0.4, -0.2) is 37.1 Å². The molecule has 82 valence electrons. The topological polar surface area (TPSA) is 15.3 Å². The van der Waals surface area contributed by atoms with Gasteiger partial charge in [-0.2, -0.15) is 0 Å². The third kappa shape index (κ3) is 2.12. The van der Waals surface area contributed by atoms with E-state index in [2.05, 4.69) is 24.1 Å². The number of hydrogen-bond acceptors (Lipinski definition) is 2. The van der Waals surface area contributed by atoms with E-state index in [0.717, 1.165) is 17.9 Å². The van der Waals surface area contributed by atoms with E-state index < -0.39 is 0 Å². The summed E-state index contributed by atoms with van der Waals surface area (Å²) in [5, 5.41) is 3.49. The Bertz CT molecular complexity index is 181. The third-order valence-electron chi connectivity index (χ3n) is 4.10. The van der Waals surface area contributed by atoms with Crippen LogP contribution in [0.25, 0.3) is 0 Å². The molecule has 2 nitrogen and oxygen atoms in total. The third-order valence-corrected chi connectivity index (χ3v) is 4.10. The number of hydrogen-bond donors (Lipinski definition) is 1. The Morgan fingerprint density at radius 1 is 1.36 bits per heavy atom. The largest absolute Gasteiger partial charge is 0.316 e. The zero-order valence-electron chi connectivity index (χ0n) is 9.63. The summed E-state index contributed by atoms with van der Waals surface area (Å²) in [7, 11) is 0. The van der Waals surface area contributed by atoms with Crippen molar-refractivity contribution in [2.24, 2.45) is 11.8 Å². The van der Waals surface area contributed by atoms with Gasteiger partial charge in [0.1, 0.15) is 0 Å². The van der Waals surface area contributed by atoms with Gasteiger partial charge in [0.2, 0.25) is 0 Å². The van der Waals surface area contributed by atoms with Crippen LogP contribution in [-0.2, 0) is 0 Å². The predicted octanol–water partition coefficient (Wildman–Crippen LogP) is 1.72. The minimum Gasteiger partial charge on any atom is -0.316 e. The quantitative estimate of drug-likeness (QED) is 0.723. The minimum absolute atomic E-state index is 0.847. The van der Waals surface area contributed by atoms with Gasteiger partial charge in [0.05, 0.1) is 0 Å². The van der Waals surface area contributed by atoms with Crippen LogP contribution in [0.2, 0.25) is 0 Å². The first-order valence-corrected chi connectivity index (χ1v) is 6.26. The van der Waals surface area contributed by atoms with Crippen molar-refractivity contribution in [3.8, 4) is 0 Å². The highest BCUT2D eigenvalue weighted by molar-refractivity contribution is 4.87. The van der Waals surface area contributed by atoms with Crippen molar-refractivity contribution in [1.29, 1.82) is 0 Å². The van der Waals surface area contributed by atoms with E-state index in [4.69, 9.17) is 0 Å². The summed E-state index contributed by atoms with van der Waals surface area (Å²) in [4.78, 5) is 2.75. The van der Waals surface area contributed by atoms with Crippen LogP contribution in [0.5, 0.6) is 0 Å². The maximum atomic E-state index is 3.49. The summed E-state index contributed by atoms with van der Waals surface area (Å²) in [6.45, 7) is 9.90. The molecule has 0 aliphatic carbocycles. The number of nitrogens with zero attached hydrogens (tertiary/aromatic N) is 1. The van der Waals surface area contributed by atoms with Crippen LogP contribution in [0, 0.1) is 11.8 Å². The summed E-state index contributed by atoms with van der Waals surface area (Å²) >= 11 is 0. The summed E-state index contributed by atoms with van der Waals surface area (Å²) in [5.41, 5.74) is 0. The molecule has 0 aromatic carbocycles. The normalized spacial score (nSPS) is 40.3.